The average Bonchev–Trinajstić information content (AvgIpc) is 3.06. The van der Waals surface area contributed by atoms with Gasteiger partial charge >= 0.3 is 0 Å². The Hall–Kier alpha value is -1.24. The third-order valence-electron chi connectivity index (χ3n) is 6.56. The minimum Gasteiger partial charge on any atom is -0.396 e. The molecular weight excluding hydrogens is 326 g/mol. The lowest BCUT2D eigenvalue weighted by Crippen LogP contribution is -2.47. The number of likely N-dealkylation sites (N-methyl/N-ethyl adjacent to an activating group) is 1. The second-order valence-electron chi connectivity index (χ2n) is 8.45. The van der Waals surface area contributed by atoms with Crippen LogP contribution in [0.5, 0.6) is 0 Å². The molecule has 0 aromatic carbocycles. The Morgan fingerprint density at radius 2 is 1.73 bits per heavy atom. The average molecular weight is 360 g/mol. The number of anilines is 1. The molecule has 0 bridgehead atoms. The van der Waals surface area contributed by atoms with Crippen molar-refractivity contribution < 1.29 is 5.11 Å². The standard InChI is InChI=1S/C20H33N5O/c1-15-18-5-3-4-6-19(18)22-20(21-15)25-12-16(17(13-25)14-26)11-24-9-7-23(2)8-10-24/h16-17,26H,3-14H2,1-2H3/t16-,17-/m1/s1. The number of aryl methyl sites for hydroxylation is 2. The first kappa shape index (κ1) is 18.1. The van der Waals surface area contributed by atoms with Gasteiger partial charge in [-0.2, -0.15) is 0 Å². The fourth-order valence-electron chi connectivity index (χ4n) is 4.78. The van der Waals surface area contributed by atoms with E-state index in [1.54, 1.807) is 0 Å². The van der Waals surface area contributed by atoms with Crippen molar-refractivity contribution in [3.63, 3.8) is 0 Å². The van der Waals surface area contributed by atoms with E-state index in [0.717, 1.165) is 70.3 Å². The van der Waals surface area contributed by atoms with Crippen molar-refractivity contribution in [2.24, 2.45) is 11.8 Å². The van der Waals surface area contributed by atoms with Gasteiger partial charge in [-0.05, 0) is 51.1 Å². The first-order valence-electron chi connectivity index (χ1n) is 10.3. The van der Waals surface area contributed by atoms with Crippen molar-refractivity contribution in [2.75, 3.05) is 64.4 Å². The molecule has 26 heavy (non-hydrogen) atoms. The molecule has 6 heteroatoms. The Morgan fingerprint density at radius 1 is 1.00 bits per heavy atom. The van der Waals surface area contributed by atoms with Crippen LogP contribution < -0.4 is 4.90 Å². The Balaban J connectivity index is 1.46. The molecule has 0 amide bonds. The van der Waals surface area contributed by atoms with E-state index in [0.29, 0.717) is 11.8 Å². The van der Waals surface area contributed by atoms with Crippen LogP contribution in [0.2, 0.25) is 0 Å². The normalized spacial score (nSPS) is 27.7. The van der Waals surface area contributed by atoms with Crippen molar-refractivity contribution in [1.29, 1.82) is 0 Å². The summed E-state index contributed by atoms with van der Waals surface area (Å²) in [6.45, 7) is 9.90. The number of aromatic nitrogens is 2. The van der Waals surface area contributed by atoms with Gasteiger partial charge in [-0.1, -0.05) is 0 Å². The van der Waals surface area contributed by atoms with Crippen LogP contribution in [0.15, 0.2) is 0 Å². The molecule has 4 rings (SSSR count). The zero-order valence-electron chi connectivity index (χ0n) is 16.3. The van der Waals surface area contributed by atoms with Crippen LogP contribution in [0.25, 0.3) is 0 Å². The minimum absolute atomic E-state index is 0.263. The molecule has 2 aliphatic heterocycles. The van der Waals surface area contributed by atoms with E-state index in [-0.39, 0.29) is 6.61 Å². The van der Waals surface area contributed by atoms with Gasteiger partial charge in [0.2, 0.25) is 5.95 Å². The molecule has 0 radical (unpaired) electrons. The van der Waals surface area contributed by atoms with Gasteiger partial charge in [0.1, 0.15) is 0 Å². The molecule has 1 aliphatic carbocycles. The number of nitrogens with zero attached hydrogens (tertiary/aromatic N) is 5. The van der Waals surface area contributed by atoms with Crippen LogP contribution in [0.4, 0.5) is 5.95 Å². The van der Waals surface area contributed by atoms with E-state index in [1.165, 1.54) is 24.1 Å². The van der Waals surface area contributed by atoms with Crippen molar-refractivity contribution in [3.05, 3.63) is 17.0 Å². The quantitative estimate of drug-likeness (QED) is 0.864. The molecule has 3 aliphatic rings. The van der Waals surface area contributed by atoms with E-state index in [1.807, 2.05) is 0 Å². The largest absolute Gasteiger partial charge is 0.396 e. The number of aliphatic hydroxyl groups excluding tert-OH is 1. The lowest BCUT2D eigenvalue weighted by molar-refractivity contribution is 0.116. The maximum atomic E-state index is 9.93. The number of hydrogen-bond acceptors (Lipinski definition) is 6. The molecule has 1 aromatic heterocycles. The second kappa shape index (κ2) is 7.79. The van der Waals surface area contributed by atoms with Gasteiger partial charge < -0.3 is 19.8 Å². The first-order valence-corrected chi connectivity index (χ1v) is 10.3. The molecule has 0 spiro atoms. The Labute approximate surface area is 157 Å². The van der Waals surface area contributed by atoms with E-state index in [9.17, 15) is 5.11 Å². The van der Waals surface area contributed by atoms with Gasteiger partial charge in [0.05, 0.1) is 0 Å². The van der Waals surface area contributed by atoms with E-state index in [4.69, 9.17) is 9.97 Å². The fourth-order valence-corrected chi connectivity index (χ4v) is 4.78. The van der Waals surface area contributed by atoms with Crippen LogP contribution in [-0.4, -0.2) is 84.3 Å². The zero-order chi connectivity index (χ0) is 18.1. The highest BCUT2D eigenvalue weighted by Gasteiger charge is 2.35. The van der Waals surface area contributed by atoms with Gasteiger partial charge in [0.15, 0.2) is 0 Å². The Morgan fingerprint density at radius 3 is 2.50 bits per heavy atom. The predicted molar refractivity (Wildman–Crippen MR) is 104 cm³/mol. The van der Waals surface area contributed by atoms with E-state index < -0.39 is 0 Å². The van der Waals surface area contributed by atoms with Crippen LogP contribution >= 0.6 is 0 Å². The second-order valence-corrected chi connectivity index (χ2v) is 8.45. The first-order chi connectivity index (χ1) is 12.6. The minimum atomic E-state index is 0.263. The van der Waals surface area contributed by atoms with Gasteiger partial charge in [-0.3, -0.25) is 0 Å². The van der Waals surface area contributed by atoms with Crippen molar-refractivity contribution in [3.8, 4) is 0 Å². The topological polar surface area (TPSA) is 55.7 Å². The third kappa shape index (κ3) is 3.73. The summed E-state index contributed by atoms with van der Waals surface area (Å²) in [5, 5.41) is 9.93. The molecule has 2 fully saturated rings. The van der Waals surface area contributed by atoms with E-state index in [2.05, 4.69) is 28.7 Å². The van der Waals surface area contributed by atoms with Gasteiger partial charge in [-0.25, -0.2) is 9.97 Å². The van der Waals surface area contributed by atoms with Crippen LogP contribution in [0.1, 0.15) is 29.8 Å². The highest BCUT2D eigenvalue weighted by atomic mass is 16.3. The summed E-state index contributed by atoms with van der Waals surface area (Å²) in [6, 6.07) is 0. The molecule has 0 unspecified atom stereocenters. The summed E-state index contributed by atoms with van der Waals surface area (Å²) < 4.78 is 0. The number of hydrogen-bond donors (Lipinski definition) is 1. The Kier molecular flexibility index (Phi) is 5.43. The maximum Gasteiger partial charge on any atom is 0.225 e. The Bertz CT molecular complexity index is 629. The number of aliphatic hydroxyl groups is 1. The summed E-state index contributed by atoms with van der Waals surface area (Å²) in [4.78, 5) is 17.1. The monoisotopic (exact) mass is 359 g/mol. The van der Waals surface area contributed by atoms with Crippen LogP contribution in [-0.2, 0) is 12.8 Å². The summed E-state index contributed by atoms with van der Waals surface area (Å²) in [6.07, 6.45) is 4.73. The molecule has 1 aromatic rings. The van der Waals surface area contributed by atoms with Crippen molar-refractivity contribution in [1.82, 2.24) is 19.8 Å². The van der Waals surface area contributed by atoms with Gasteiger partial charge in [0, 0.05) is 69.7 Å². The molecule has 2 atom stereocenters. The lowest BCUT2D eigenvalue weighted by Gasteiger charge is -2.34. The number of rotatable bonds is 4. The summed E-state index contributed by atoms with van der Waals surface area (Å²) in [5.41, 5.74) is 3.81. The van der Waals surface area contributed by atoms with Crippen molar-refractivity contribution in [2.45, 2.75) is 32.6 Å². The molecule has 1 N–H and O–H groups in total. The smallest absolute Gasteiger partial charge is 0.225 e. The summed E-state index contributed by atoms with van der Waals surface area (Å²) >= 11 is 0. The third-order valence-corrected chi connectivity index (χ3v) is 6.56. The van der Waals surface area contributed by atoms with Crippen molar-refractivity contribution >= 4 is 5.95 Å². The number of piperazine rings is 1. The molecule has 3 heterocycles. The predicted octanol–water partition coefficient (Wildman–Crippen LogP) is 0.956. The zero-order valence-corrected chi connectivity index (χ0v) is 16.3. The summed E-state index contributed by atoms with van der Waals surface area (Å²) in [7, 11) is 2.20. The highest BCUT2D eigenvalue weighted by Crippen LogP contribution is 2.30. The molecule has 2 saturated heterocycles. The van der Waals surface area contributed by atoms with E-state index >= 15 is 0 Å². The fraction of sp³-hybridized carbons (Fsp3) is 0.800. The van der Waals surface area contributed by atoms with Crippen LogP contribution in [0.3, 0.4) is 0 Å². The SMILES string of the molecule is Cc1nc(N2C[C@@H](CN3CCN(C)CC3)[C@@H](CO)C2)nc2c1CCCC2. The molecule has 0 saturated carbocycles. The highest BCUT2D eigenvalue weighted by molar-refractivity contribution is 5.39. The molecular formula is C20H33N5O. The number of fused-ring (bicyclic) bond motifs is 1. The molecule has 144 valence electrons. The maximum absolute atomic E-state index is 9.93. The van der Waals surface area contributed by atoms with Gasteiger partial charge in [-0.15, -0.1) is 0 Å². The lowest BCUT2D eigenvalue weighted by atomic mass is 9.95. The summed E-state index contributed by atoms with van der Waals surface area (Å²) in [5.74, 6) is 1.72. The molecule has 6 nitrogen and oxygen atoms in total. The van der Waals surface area contributed by atoms with Crippen LogP contribution in [0, 0.1) is 18.8 Å². The van der Waals surface area contributed by atoms with Gasteiger partial charge in [0.25, 0.3) is 0 Å².